The van der Waals surface area contributed by atoms with E-state index in [4.69, 9.17) is 3.79 Å². The van der Waals surface area contributed by atoms with Crippen LogP contribution in [0.15, 0.2) is 0 Å². The van der Waals surface area contributed by atoms with E-state index in [0.717, 1.165) is 6.42 Å². The molecule has 0 amide bonds. The van der Waals surface area contributed by atoms with Crippen LogP contribution in [-0.4, -0.2) is 45.6 Å². The Balaban J connectivity index is -0.000000667. The molecule has 4 heteroatoms. The van der Waals surface area contributed by atoms with Crippen molar-refractivity contribution < 1.29 is 11.4 Å². The first-order chi connectivity index (χ1) is 10.3. The van der Waals surface area contributed by atoms with E-state index in [2.05, 4.69) is 6.92 Å². The Labute approximate surface area is 166 Å². The van der Waals surface area contributed by atoms with E-state index in [9.17, 15) is 4.79 Å². The Hall–Kier alpha value is 0.769. The van der Waals surface area contributed by atoms with E-state index in [1.165, 1.54) is 89.9 Å². The fourth-order valence-electron chi connectivity index (χ4n) is 2.74. The SMILES string of the molecule is CCCCCCCCCCCCCCCCCC(=O)[O][AlH2].[H-].[H-].[Mg+2]. The molecule has 0 aromatic rings. The van der Waals surface area contributed by atoms with Gasteiger partial charge in [0.1, 0.15) is 0 Å². The zero-order valence-electron chi connectivity index (χ0n) is 17.3. The molecule has 0 aliphatic rings. The third-order valence-electron chi connectivity index (χ3n) is 4.21. The molecule has 0 saturated carbocycles. The third-order valence-corrected chi connectivity index (χ3v) is 4.67. The zero-order chi connectivity index (χ0) is 15.6. The Morgan fingerprint density at radius 2 is 1.05 bits per heavy atom. The molecule has 0 heterocycles. The van der Waals surface area contributed by atoms with Crippen LogP contribution in [0.25, 0.3) is 0 Å². The molecule has 0 radical (unpaired) electrons. The van der Waals surface area contributed by atoms with E-state index in [-0.39, 0.29) is 31.9 Å². The second-order valence-electron chi connectivity index (χ2n) is 6.28. The minimum Gasteiger partial charge on any atom is -1.00 e. The maximum absolute atomic E-state index is 11.0. The molecule has 0 aromatic carbocycles. The number of rotatable bonds is 16. The van der Waals surface area contributed by atoms with Crippen molar-refractivity contribution in [2.24, 2.45) is 0 Å². The topological polar surface area (TPSA) is 26.3 Å². The Morgan fingerprint density at radius 3 is 1.36 bits per heavy atom. The number of carbonyl (C=O) groups excluding carboxylic acids is 1. The number of hydrogen-bond acceptors (Lipinski definition) is 2. The molecule has 2 nitrogen and oxygen atoms in total. The van der Waals surface area contributed by atoms with Gasteiger partial charge in [-0.2, -0.15) is 0 Å². The molecule has 0 N–H and O–H groups in total. The standard InChI is InChI=1S/C18H36O2.Al.Mg.4H/c1-2-3-4-5-6-7-8-9-10-11-12-13-14-15-16-17-18(19)20;;;;;;/h2-17H2,1H3,(H,19,20);;;;;;/q;+1;+2;;;2*-1/p-1. The average molecular weight is 339 g/mol. The summed E-state index contributed by atoms with van der Waals surface area (Å²) in [4.78, 5) is 11.0. The fourth-order valence-corrected chi connectivity index (χ4v) is 2.95. The monoisotopic (exact) mass is 338 g/mol. The van der Waals surface area contributed by atoms with E-state index in [1.54, 1.807) is 0 Å². The van der Waals surface area contributed by atoms with Crippen molar-refractivity contribution in [3.05, 3.63) is 0 Å². The summed E-state index contributed by atoms with van der Waals surface area (Å²) in [6.07, 6.45) is 21.1. The summed E-state index contributed by atoms with van der Waals surface area (Å²) in [6, 6.07) is 0. The van der Waals surface area contributed by atoms with Crippen LogP contribution in [0.5, 0.6) is 0 Å². The van der Waals surface area contributed by atoms with Gasteiger partial charge in [-0.05, 0) is 6.42 Å². The third kappa shape index (κ3) is 20.8. The molecule has 0 aliphatic carbocycles. The van der Waals surface area contributed by atoms with Gasteiger partial charge in [0, 0.05) is 6.42 Å². The molecular weight excluding hydrogens is 299 g/mol. The molecule has 0 saturated heterocycles. The summed E-state index contributed by atoms with van der Waals surface area (Å²) in [6.45, 7) is 2.28. The van der Waals surface area contributed by atoms with Gasteiger partial charge in [0.25, 0.3) is 5.97 Å². The van der Waals surface area contributed by atoms with Gasteiger partial charge in [-0.3, -0.25) is 4.79 Å². The Bertz CT molecular complexity index is 235. The summed E-state index contributed by atoms with van der Waals surface area (Å²) >= 11 is 0.544. The van der Waals surface area contributed by atoms with Gasteiger partial charge in [-0.25, -0.2) is 0 Å². The largest absolute Gasteiger partial charge is 2.00 e. The van der Waals surface area contributed by atoms with Gasteiger partial charge >= 0.3 is 39.7 Å². The fraction of sp³-hybridized carbons (Fsp3) is 0.944. The number of carbonyl (C=O) groups is 1. The van der Waals surface area contributed by atoms with Crippen LogP contribution in [0.2, 0.25) is 0 Å². The Kier molecular flexibility index (Phi) is 24.8. The van der Waals surface area contributed by atoms with Crippen LogP contribution in [-0.2, 0) is 8.58 Å². The van der Waals surface area contributed by atoms with Gasteiger partial charge in [-0.1, -0.05) is 96.8 Å². The molecule has 22 heavy (non-hydrogen) atoms. The first-order valence-electron chi connectivity index (χ1n) is 9.38. The first-order valence-corrected chi connectivity index (χ1v) is 10.2. The van der Waals surface area contributed by atoms with E-state index >= 15 is 0 Å². The van der Waals surface area contributed by atoms with Crippen molar-refractivity contribution in [2.75, 3.05) is 0 Å². The molecule has 0 rings (SSSR count). The summed E-state index contributed by atoms with van der Waals surface area (Å²) < 4.78 is 4.77. The molecule has 0 fully saturated rings. The molecular formula is C18H39AlMgO2. The molecule has 0 spiro atoms. The van der Waals surface area contributed by atoms with Crippen LogP contribution in [0, 0.1) is 0 Å². The van der Waals surface area contributed by atoms with Gasteiger partial charge in [0.2, 0.25) is 0 Å². The molecule has 0 bridgehead atoms. The van der Waals surface area contributed by atoms with Crippen molar-refractivity contribution >= 4 is 45.6 Å². The average Bonchev–Trinajstić information content (AvgIpc) is 2.50. The van der Waals surface area contributed by atoms with Crippen molar-refractivity contribution in [1.29, 1.82) is 0 Å². The maximum atomic E-state index is 11.0. The van der Waals surface area contributed by atoms with E-state index < -0.39 is 0 Å². The second kappa shape index (κ2) is 21.8. The maximum Gasteiger partial charge on any atom is 2.00 e. The normalized spacial score (nSPS) is 10.2. The predicted molar refractivity (Wildman–Crippen MR) is 102 cm³/mol. The van der Waals surface area contributed by atoms with Gasteiger partial charge < -0.3 is 6.64 Å². The smallest absolute Gasteiger partial charge is 1.00 e. The first kappa shape index (κ1) is 25.0. The van der Waals surface area contributed by atoms with Crippen LogP contribution in [0.3, 0.4) is 0 Å². The van der Waals surface area contributed by atoms with Crippen LogP contribution < -0.4 is 0 Å². The number of unbranched alkanes of at least 4 members (excludes halogenated alkanes) is 14. The van der Waals surface area contributed by atoms with E-state index in [0.29, 0.717) is 23.0 Å². The van der Waals surface area contributed by atoms with Crippen molar-refractivity contribution in [3.63, 3.8) is 0 Å². The van der Waals surface area contributed by atoms with Crippen LogP contribution in [0.4, 0.5) is 0 Å². The Morgan fingerprint density at radius 1 is 0.727 bits per heavy atom. The van der Waals surface area contributed by atoms with Crippen molar-refractivity contribution in [3.8, 4) is 0 Å². The summed E-state index contributed by atoms with van der Waals surface area (Å²) in [7, 11) is 0. The van der Waals surface area contributed by atoms with Crippen molar-refractivity contribution in [2.45, 2.75) is 110 Å². The molecule has 128 valence electrons. The van der Waals surface area contributed by atoms with Crippen LogP contribution >= 0.6 is 0 Å². The van der Waals surface area contributed by atoms with Gasteiger partial charge in [0.05, 0.1) is 0 Å². The summed E-state index contributed by atoms with van der Waals surface area (Å²) in [5, 5.41) is 0. The quantitative estimate of drug-likeness (QED) is 0.286. The summed E-state index contributed by atoms with van der Waals surface area (Å²) in [5.74, 6) is -0.00337. The molecule has 0 aliphatic heterocycles. The van der Waals surface area contributed by atoms with Crippen LogP contribution in [0.1, 0.15) is 113 Å². The second-order valence-corrected chi connectivity index (χ2v) is 6.68. The van der Waals surface area contributed by atoms with Gasteiger partial charge in [0.15, 0.2) is 0 Å². The van der Waals surface area contributed by atoms with E-state index in [1.807, 2.05) is 0 Å². The van der Waals surface area contributed by atoms with Crippen molar-refractivity contribution in [1.82, 2.24) is 0 Å². The molecule has 0 atom stereocenters. The molecule has 0 unspecified atom stereocenters. The zero-order valence-corrected chi connectivity index (χ0v) is 18.8. The minimum absolute atomic E-state index is 0. The summed E-state index contributed by atoms with van der Waals surface area (Å²) in [5.41, 5.74) is 0. The number of hydrogen-bond donors (Lipinski definition) is 0. The molecule has 0 aromatic heterocycles. The van der Waals surface area contributed by atoms with Gasteiger partial charge in [-0.15, -0.1) is 0 Å². The predicted octanol–water partition coefficient (Wildman–Crippen LogP) is 5.18. The minimum atomic E-state index is -0.00337.